The molecule has 0 unspecified atom stereocenters. The van der Waals surface area contributed by atoms with Gasteiger partial charge in [-0.05, 0) is 32.9 Å². The predicted octanol–water partition coefficient (Wildman–Crippen LogP) is 1.68. The molecule has 0 aliphatic heterocycles. The molecule has 15 heavy (non-hydrogen) atoms. The van der Waals surface area contributed by atoms with Gasteiger partial charge in [0.1, 0.15) is 0 Å². The maximum Gasteiger partial charge on any atom is 0.225 e. The van der Waals surface area contributed by atoms with Crippen molar-refractivity contribution < 1.29 is 4.79 Å². The minimum atomic E-state index is -0.0854. The second-order valence-corrected chi connectivity index (χ2v) is 4.83. The standard InChI is InChI=1S/C12H24N2O/c1-12(7-4-3-5-8-12)11(15)14-10-6-9-13-2/h13H,3-10H2,1-2H3,(H,14,15). The fourth-order valence-corrected chi connectivity index (χ4v) is 2.24. The summed E-state index contributed by atoms with van der Waals surface area (Å²) < 4.78 is 0. The first-order valence-corrected chi connectivity index (χ1v) is 6.12. The number of carbonyl (C=O) groups excluding carboxylic acids is 1. The van der Waals surface area contributed by atoms with Crippen LogP contribution in [-0.4, -0.2) is 26.0 Å². The summed E-state index contributed by atoms with van der Waals surface area (Å²) in [6, 6.07) is 0. The molecule has 0 atom stereocenters. The first kappa shape index (κ1) is 12.5. The Hall–Kier alpha value is -0.570. The molecule has 1 aliphatic rings. The van der Waals surface area contributed by atoms with Crippen molar-refractivity contribution in [3.8, 4) is 0 Å². The van der Waals surface area contributed by atoms with Crippen molar-refractivity contribution in [2.45, 2.75) is 45.4 Å². The predicted molar refractivity (Wildman–Crippen MR) is 62.7 cm³/mol. The van der Waals surface area contributed by atoms with E-state index in [1.807, 2.05) is 7.05 Å². The summed E-state index contributed by atoms with van der Waals surface area (Å²) in [5.41, 5.74) is -0.0854. The van der Waals surface area contributed by atoms with Crippen LogP contribution in [0.15, 0.2) is 0 Å². The normalized spacial score (nSPS) is 19.9. The van der Waals surface area contributed by atoms with Crippen LogP contribution in [0, 0.1) is 5.41 Å². The second-order valence-electron chi connectivity index (χ2n) is 4.83. The molecule has 0 aromatic carbocycles. The molecule has 3 nitrogen and oxygen atoms in total. The van der Waals surface area contributed by atoms with Gasteiger partial charge in [-0.25, -0.2) is 0 Å². The van der Waals surface area contributed by atoms with E-state index in [2.05, 4.69) is 17.6 Å². The lowest BCUT2D eigenvalue weighted by Crippen LogP contribution is -2.41. The Bertz CT molecular complexity index is 198. The van der Waals surface area contributed by atoms with E-state index < -0.39 is 0 Å². The lowest BCUT2D eigenvalue weighted by Gasteiger charge is -2.32. The Morgan fingerprint density at radius 2 is 1.87 bits per heavy atom. The topological polar surface area (TPSA) is 41.1 Å². The van der Waals surface area contributed by atoms with Gasteiger partial charge in [0.05, 0.1) is 0 Å². The first-order chi connectivity index (χ1) is 7.19. The van der Waals surface area contributed by atoms with Crippen LogP contribution in [0.25, 0.3) is 0 Å². The number of hydrogen-bond acceptors (Lipinski definition) is 2. The van der Waals surface area contributed by atoms with Crippen LogP contribution in [0.1, 0.15) is 45.4 Å². The van der Waals surface area contributed by atoms with Crippen molar-refractivity contribution in [3.05, 3.63) is 0 Å². The highest BCUT2D eigenvalue weighted by atomic mass is 16.2. The SMILES string of the molecule is CNCCCNC(=O)C1(C)CCCCC1. The zero-order valence-electron chi connectivity index (χ0n) is 10.1. The molecule has 1 amide bonds. The van der Waals surface area contributed by atoms with E-state index in [-0.39, 0.29) is 11.3 Å². The van der Waals surface area contributed by atoms with Crippen LogP contribution in [0.4, 0.5) is 0 Å². The molecule has 0 aromatic rings. The first-order valence-electron chi connectivity index (χ1n) is 6.12. The van der Waals surface area contributed by atoms with E-state index in [4.69, 9.17) is 0 Å². The van der Waals surface area contributed by atoms with E-state index in [1.165, 1.54) is 19.3 Å². The average molecular weight is 212 g/mol. The van der Waals surface area contributed by atoms with Crippen molar-refractivity contribution in [3.63, 3.8) is 0 Å². The van der Waals surface area contributed by atoms with Gasteiger partial charge in [0, 0.05) is 12.0 Å². The van der Waals surface area contributed by atoms with Crippen molar-refractivity contribution in [2.24, 2.45) is 5.41 Å². The van der Waals surface area contributed by atoms with Crippen LogP contribution in [-0.2, 0) is 4.79 Å². The van der Waals surface area contributed by atoms with E-state index in [1.54, 1.807) is 0 Å². The quantitative estimate of drug-likeness (QED) is 0.681. The maximum atomic E-state index is 12.0. The van der Waals surface area contributed by atoms with Gasteiger partial charge in [0.15, 0.2) is 0 Å². The summed E-state index contributed by atoms with van der Waals surface area (Å²) in [6.07, 6.45) is 6.84. The Morgan fingerprint density at radius 3 is 2.47 bits per heavy atom. The molecular weight excluding hydrogens is 188 g/mol. The Labute approximate surface area is 93.0 Å². The van der Waals surface area contributed by atoms with Crippen molar-refractivity contribution in [2.75, 3.05) is 20.1 Å². The molecule has 0 radical (unpaired) electrons. The molecule has 88 valence electrons. The summed E-state index contributed by atoms with van der Waals surface area (Å²) in [7, 11) is 1.93. The van der Waals surface area contributed by atoms with Crippen LogP contribution >= 0.6 is 0 Å². The van der Waals surface area contributed by atoms with Gasteiger partial charge in [0.2, 0.25) is 5.91 Å². The number of hydrogen-bond donors (Lipinski definition) is 2. The summed E-state index contributed by atoms with van der Waals surface area (Å²) >= 11 is 0. The van der Waals surface area contributed by atoms with Crippen LogP contribution in [0.2, 0.25) is 0 Å². The molecule has 1 saturated carbocycles. The summed E-state index contributed by atoms with van der Waals surface area (Å²) in [5, 5.41) is 6.13. The molecule has 1 rings (SSSR count). The minimum Gasteiger partial charge on any atom is -0.356 e. The largest absolute Gasteiger partial charge is 0.356 e. The third kappa shape index (κ3) is 3.82. The zero-order chi connectivity index (χ0) is 11.1. The molecule has 0 saturated heterocycles. The number of rotatable bonds is 5. The summed E-state index contributed by atoms with van der Waals surface area (Å²) in [6.45, 7) is 3.88. The smallest absolute Gasteiger partial charge is 0.225 e. The molecule has 3 heteroatoms. The van der Waals surface area contributed by atoms with E-state index in [0.29, 0.717) is 0 Å². The number of amides is 1. The van der Waals surface area contributed by atoms with Gasteiger partial charge < -0.3 is 10.6 Å². The fraction of sp³-hybridized carbons (Fsp3) is 0.917. The van der Waals surface area contributed by atoms with E-state index in [0.717, 1.165) is 32.4 Å². The van der Waals surface area contributed by atoms with Gasteiger partial charge in [-0.3, -0.25) is 4.79 Å². The summed E-state index contributed by atoms with van der Waals surface area (Å²) in [4.78, 5) is 12.0. The Morgan fingerprint density at radius 1 is 1.20 bits per heavy atom. The maximum absolute atomic E-state index is 12.0. The van der Waals surface area contributed by atoms with Crippen LogP contribution in [0.5, 0.6) is 0 Å². The highest BCUT2D eigenvalue weighted by molar-refractivity contribution is 5.82. The van der Waals surface area contributed by atoms with Crippen molar-refractivity contribution in [1.82, 2.24) is 10.6 Å². The zero-order valence-corrected chi connectivity index (χ0v) is 10.1. The van der Waals surface area contributed by atoms with Crippen molar-refractivity contribution in [1.29, 1.82) is 0 Å². The lowest BCUT2D eigenvalue weighted by atomic mass is 9.75. The molecule has 0 bridgehead atoms. The fourth-order valence-electron chi connectivity index (χ4n) is 2.24. The third-order valence-corrected chi connectivity index (χ3v) is 3.39. The average Bonchev–Trinajstić information content (AvgIpc) is 2.25. The summed E-state index contributed by atoms with van der Waals surface area (Å²) in [5.74, 6) is 0.262. The van der Waals surface area contributed by atoms with E-state index >= 15 is 0 Å². The molecular formula is C12H24N2O. The molecule has 0 heterocycles. The van der Waals surface area contributed by atoms with Crippen LogP contribution in [0.3, 0.4) is 0 Å². The Balaban J connectivity index is 2.25. The van der Waals surface area contributed by atoms with Crippen LogP contribution < -0.4 is 10.6 Å². The van der Waals surface area contributed by atoms with Gasteiger partial charge in [0.25, 0.3) is 0 Å². The third-order valence-electron chi connectivity index (χ3n) is 3.39. The van der Waals surface area contributed by atoms with Gasteiger partial charge in [-0.2, -0.15) is 0 Å². The number of carbonyl (C=O) groups is 1. The molecule has 0 aromatic heterocycles. The highest BCUT2D eigenvalue weighted by Gasteiger charge is 2.33. The molecule has 1 fully saturated rings. The molecule has 2 N–H and O–H groups in total. The molecule has 0 spiro atoms. The lowest BCUT2D eigenvalue weighted by molar-refractivity contribution is -0.131. The van der Waals surface area contributed by atoms with Gasteiger partial charge >= 0.3 is 0 Å². The Kier molecular flexibility index (Phi) is 5.09. The highest BCUT2D eigenvalue weighted by Crippen LogP contribution is 2.35. The van der Waals surface area contributed by atoms with E-state index in [9.17, 15) is 4.79 Å². The number of nitrogens with one attached hydrogen (secondary N) is 2. The van der Waals surface area contributed by atoms with Gasteiger partial charge in [-0.15, -0.1) is 0 Å². The monoisotopic (exact) mass is 212 g/mol. The molecule has 1 aliphatic carbocycles. The van der Waals surface area contributed by atoms with Crippen molar-refractivity contribution >= 4 is 5.91 Å². The second kappa shape index (κ2) is 6.11. The van der Waals surface area contributed by atoms with Gasteiger partial charge in [-0.1, -0.05) is 26.2 Å². The minimum absolute atomic E-state index is 0.0854.